The van der Waals surface area contributed by atoms with Gasteiger partial charge >= 0.3 is 0 Å². The highest BCUT2D eigenvalue weighted by Gasteiger charge is 2.18. The van der Waals surface area contributed by atoms with Crippen LogP contribution in [-0.4, -0.2) is 32.3 Å². The molecule has 2 aromatic carbocycles. The number of nitrogens with zero attached hydrogens (tertiary/aromatic N) is 1. The van der Waals surface area contributed by atoms with Crippen LogP contribution in [0.3, 0.4) is 0 Å². The Kier molecular flexibility index (Phi) is 6.18. The van der Waals surface area contributed by atoms with Crippen LogP contribution in [0.1, 0.15) is 19.8 Å². The molecule has 1 atom stereocenters. The molecular formula is C21H28N2O2. The van der Waals surface area contributed by atoms with E-state index in [0.717, 1.165) is 17.4 Å². The molecule has 2 aromatic rings. The number of hydrogen-bond donors (Lipinski definition) is 1. The summed E-state index contributed by atoms with van der Waals surface area (Å²) in [5.74, 6) is 2.52. The number of ether oxygens (including phenoxy) is 2. The van der Waals surface area contributed by atoms with Gasteiger partial charge in [0.1, 0.15) is 12.7 Å². The van der Waals surface area contributed by atoms with Crippen molar-refractivity contribution in [2.24, 2.45) is 11.7 Å². The van der Waals surface area contributed by atoms with Crippen molar-refractivity contribution in [1.29, 1.82) is 0 Å². The van der Waals surface area contributed by atoms with Crippen LogP contribution in [-0.2, 0) is 0 Å². The molecule has 1 fully saturated rings. The van der Waals surface area contributed by atoms with E-state index in [1.807, 2.05) is 24.3 Å². The van der Waals surface area contributed by atoms with Crippen molar-refractivity contribution in [3.8, 4) is 11.5 Å². The summed E-state index contributed by atoms with van der Waals surface area (Å²) in [6.07, 6.45) is 2.68. The van der Waals surface area contributed by atoms with Crippen molar-refractivity contribution < 1.29 is 9.47 Å². The Hall–Kier alpha value is -2.20. The number of piperidine rings is 1. The maximum absolute atomic E-state index is 5.53. The van der Waals surface area contributed by atoms with E-state index in [-0.39, 0.29) is 6.10 Å². The summed E-state index contributed by atoms with van der Waals surface area (Å²) in [6.45, 7) is 5.85. The SMILES string of the molecule is CC1CCN(c2ccccc2)CC1.NCC1COc2ccccc2O1. The quantitative estimate of drug-likeness (QED) is 0.905. The molecule has 0 spiro atoms. The maximum atomic E-state index is 5.53. The van der Waals surface area contributed by atoms with E-state index >= 15 is 0 Å². The van der Waals surface area contributed by atoms with Crippen molar-refractivity contribution >= 4 is 5.69 Å². The molecule has 25 heavy (non-hydrogen) atoms. The van der Waals surface area contributed by atoms with Gasteiger partial charge in [0.05, 0.1) is 0 Å². The number of benzene rings is 2. The first-order valence-electron chi connectivity index (χ1n) is 9.15. The maximum Gasteiger partial charge on any atom is 0.161 e. The molecule has 2 aliphatic rings. The summed E-state index contributed by atoms with van der Waals surface area (Å²) in [5.41, 5.74) is 6.84. The minimum absolute atomic E-state index is 0.0000926. The van der Waals surface area contributed by atoms with E-state index in [1.54, 1.807) is 0 Å². The minimum atomic E-state index is -0.0000926. The van der Waals surface area contributed by atoms with E-state index in [9.17, 15) is 0 Å². The van der Waals surface area contributed by atoms with Gasteiger partial charge in [0.25, 0.3) is 0 Å². The largest absolute Gasteiger partial charge is 0.486 e. The molecule has 2 aliphatic heterocycles. The molecule has 0 saturated carbocycles. The number of fused-ring (bicyclic) bond motifs is 1. The first kappa shape index (κ1) is 17.6. The number of para-hydroxylation sites is 3. The highest BCUT2D eigenvalue weighted by atomic mass is 16.6. The average molecular weight is 340 g/mol. The lowest BCUT2D eigenvalue weighted by Gasteiger charge is -2.32. The second-order valence-electron chi connectivity index (χ2n) is 6.74. The molecule has 1 saturated heterocycles. The fourth-order valence-electron chi connectivity index (χ4n) is 3.08. The van der Waals surface area contributed by atoms with Crippen molar-refractivity contribution in [2.75, 3.05) is 31.1 Å². The molecule has 0 aliphatic carbocycles. The molecule has 0 amide bonds. The predicted octanol–water partition coefficient (Wildman–Crippen LogP) is 3.71. The Balaban J connectivity index is 0.000000146. The Morgan fingerprint density at radius 2 is 1.60 bits per heavy atom. The topological polar surface area (TPSA) is 47.7 Å². The Morgan fingerprint density at radius 1 is 0.960 bits per heavy atom. The molecule has 4 rings (SSSR count). The van der Waals surface area contributed by atoms with Crippen LogP contribution in [0.25, 0.3) is 0 Å². The first-order chi connectivity index (χ1) is 12.3. The normalized spacial score (nSPS) is 19.8. The van der Waals surface area contributed by atoms with Gasteiger partial charge in [-0.3, -0.25) is 0 Å². The van der Waals surface area contributed by atoms with E-state index in [2.05, 4.69) is 42.2 Å². The number of anilines is 1. The van der Waals surface area contributed by atoms with Gasteiger partial charge in [-0.05, 0) is 43.0 Å². The highest BCUT2D eigenvalue weighted by Crippen LogP contribution is 2.30. The second-order valence-corrected chi connectivity index (χ2v) is 6.74. The van der Waals surface area contributed by atoms with Gasteiger partial charge in [0.2, 0.25) is 0 Å². The van der Waals surface area contributed by atoms with Crippen LogP contribution < -0.4 is 20.1 Å². The van der Waals surface area contributed by atoms with E-state index in [1.165, 1.54) is 31.6 Å². The van der Waals surface area contributed by atoms with Gasteiger partial charge in [0.15, 0.2) is 11.5 Å². The lowest BCUT2D eigenvalue weighted by molar-refractivity contribution is 0.0969. The van der Waals surface area contributed by atoms with Gasteiger partial charge < -0.3 is 20.1 Å². The third-order valence-corrected chi connectivity index (χ3v) is 4.74. The first-order valence-corrected chi connectivity index (χ1v) is 9.15. The van der Waals surface area contributed by atoms with Gasteiger partial charge in [0, 0.05) is 25.3 Å². The van der Waals surface area contributed by atoms with Crippen LogP contribution in [0.15, 0.2) is 54.6 Å². The summed E-state index contributed by atoms with van der Waals surface area (Å²) in [7, 11) is 0. The third-order valence-electron chi connectivity index (χ3n) is 4.74. The molecule has 4 nitrogen and oxygen atoms in total. The molecule has 2 N–H and O–H groups in total. The van der Waals surface area contributed by atoms with Gasteiger partial charge in [-0.2, -0.15) is 0 Å². The third kappa shape index (κ3) is 4.89. The zero-order chi connectivity index (χ0) is 17.5. The average Bonchev–Trinajstić information content (AvgIpc) is 2.69. The van der Waals surface area contributed by atoms with Crippen molar-refractivity contribution in [3.05, 3.63) is 54.6 Å². The highest BCUT2D eigenvalue weighted by molar-refractivity contribution is 5.46. The number of rotatable bonds is 2. The number of nitrogens with two attached hydrogens (primary N) is 1. The Morgan fingerprint density at radius 3 is 2.28 bits per heavy atom. The second kappa shape index (κ2) is 8.77. The summed E-state index contributed by atoms with van der Waals surface area (Å²) >= 11 is 0. The molecule has 134 valence electrons. The lowest BCUT2D eigenvalue weighted by Crippen LogP contribution is -2.35. The van der Waals surface area contributed by atoms with Crippen molar-refractivity contribution in [1.82, 2.24) is 0 Å². The molecule has 0 bridgehead atoms. The molecule has 4 heteroatoms. The summed E-state index contributed by atoms with van der Waals surface area (Å²) in [4.78, 5) is 2.49. The van der Waals surface area contributed by atoms with E-state index in [4.69, 9.17) is 15.2 Å². The van der Waals surface area contributed by atoms with Crippen LogP contribution in [0, 0.1) is 5.92 Å². The van der Waals surface area contributed by atoms with Crippen LogP contribution in [0.5, 0.6) is 11.5 Å². The van der Waals surface area contributed by atoms with E-state index in [0.29, 0.717) is 13.2 Å². The molecule has 0 radical (unpaired) electrons. The van der Waals surface area contributed by atoms with Crippen molar-refractivity contribution in [2.45, 2.75) is 25.9 Å². The van der Waals surface area contributed by atoms with E-state index < -0.39 is 0 Å². The van der Waals surface area contributed by atoms with Gasteiger partial charge in [-0.25, -0.2) is 0 Å². The fourth-order valence-corrected chi connectivity index (χ4v) is 3.08. The zero-order valence-corrected chi connectivity index (χ0v) is 14.9. The summed E-state index contributed by atoms with van der Waals surface area (Å²) in [5, 5.41) is 0. The molecular weight excluding hydrogens is 312 g/mol. The van der Waals surface area contributed by atoms with Crippen LogP contribution >= 0.6 is 0 Å². The lowest BCUT2D eigenvalue weighted by atomic mass is 9.99. The summed E-state index contributed by atoms with van der Waals surface area (Å²) < 4.78 is 11.0. The predicted molar refractivity (Wildman–Crippen MR) is 102 cm³/mol. The molecule has 0 aromatic heterocycles. The molecule has 2 heterocycles. The monoisotopic (exact) mass is 340 g/mol. The fraction of sp³-hybridized carbons (Fsp3) is 0.429. The van der Waals surface area contributed by atoms with Crippen LogP contribution in [0.2, 0.25) is 0 Å². The van der Waals surface area contributed by atoms with Gasteiger partial charge in [-0.15, -0.1) is 0 Å². The number of hydrogen-bond acceptors (Lipinski definition) is 4. The Labute approximate surface area is 150 Å². The van der Waals surface area contributed by atoms with Gasteiger partial charge in [-0.1, -0.05) is 37.3 Å². The smallest absolute Gasteiger partial charge is 0.161 e. The molecule has 1 unspecified atom stereocenters. The standard InChI is InChI=1S/C12H17N.C9H11NO2/c1-11-7-9-13(10-8-11)12-5-3-2-4-6-12;10-5-7-6-11-8-3-1-2-4-9(8)12-7/h2-6,11H,7-10H2,1H3;1-4,7H,5-6,10H2. The van der Waals surface area contributed by atoms with Crippen LogP contribution in [0.4, 0.5) is 5.69 Å². The summed E-state index contributed by atoms with van der Waals surface area (Å²) in [6, 6.07) is 18.3. The minimum Gasteiger partial charge on any atom is -0.486 e. The Bertz CT molecular complexity index is 639. The zero-order valence-electron chi connectivity index (χ0n) is 14.9. The van der Waals surface area contributed by atoms with Crippen molar-refractivity contribution in [3.63, 3.8) is 0 Å².